The Labute approximate surface area is 112 Å². The molecule has 1 rings (SSSR count). The summed E-state index contributed by atoms with van der Waals surface area (Å²) in [6.45, 7) is 5.79. The van der Waals surface area contributed by atoms with Crippen LogP contribution in [0.1, 0.15) is 36.3 Å². The monoisotopic (exact) mass is 264 g/mol. The van der Waals surface area contributed by atoms with Gasteiger partial charge in [-0.1, -0.05) is 0 Å². The lowest BCUT2D eigenvalue weighted by atomic mass is 10.2. The number of nitrogens with two attached hydrogens (primary N) is 1. The van der Waals surface area contributed by atoms with E-state index in [1.54, 1.807) is 13.0 Å². The Bertz CT molecular complexity index is 472. The molecule has 1 aromatic rings. The Morgan fingerprint density at radius 2 is 2.11 bits per heavy atom. The number of carbonyl (C=O) groups is 2. The van der Waals surface area contributed by atoms with Gasteiger partial charge in [-0.05, 0) is 26.8 Å². The Morgan fingerprint density at radius 1 is 1.42 bits per heavy atom. The minimum absolute atomic E-state index is 0.0854. The number of carbonyl (C=O) groups excluding carboxylic acids is 2. The molecule has 4 N–H and O–H groups in total. The second-order valence-electron chi connectivity index (χ2n) is 4.63. The summed E-state index contributed by atoms with van der Waals surface area (Å²) >= 11 is 0. The van der Waals surface area contributed by atoms with E-state index in [2.05, 4.69) is 15.6 Å². The van der Waals surface area contributed by atoms with Gasteiger partial charge in [0.15, 0.2) is 0 Å². The predicted molar refractivity (Wildman–Crippen MR) is 73.6 cm³/mol. The molecule has 1 heterocycles. The molecule has 1 aromatic heterocycles. The van der Waals surface area contributed by atoms with E-state index in [-0.39, 0.29) is 30.8 Å². The van der Waals surface area contributed by atoms with Gasteiger partial charge in [0.1, 0.15) is 0 Å². The zero-order chi connectivity index (χ0) is 14.4. The third kappa shape index (κ3) is 4.95. The molecule has 6 nitrogen and oxygen atoms in total. The highest BCUT2D eigenvalue weighted by Gasteiger charge is 2.11. The summed E-state index contributed by atoms with van der Waals surface area (Å²) in [6.07, 6.45) is 1.75. The van der Waals surface area contributed by atoms with E-state index in [4.69, 9.17) is 5.73 Å². The number of nitrogens with zero attached hydrogens (tertiary/aromatic N) is 1. The van der Waals surface area contributed by atoms with Crippen LogP contribution in [0.25, 0.3) is 0 Å². The normalized spacial score (nSPS) is 10.3. The fourth-order valence-electron chi connectivity index (χ4n) is 1.56. The Kier molecular flexibility index (Phi) is 5.29. The van der Waals surface area contributed by atoms with E-state index < -0.39 is 0 Å². The maximum Gasteiger partial charge on any atom is 0.253 e. The fraction of sp³-hybridized carbons (Fsp3) is 0.462. The lowest BCUT2D eigenvalue weighted by Gasteiger charge is -2.10. The third-order valence-electron chi connectivity index (χ3n) is 2.44. The second-order valence-corrected chi connectivity index (χ2v) is 4.63. The van der Waals surface area contributed by atoms with Gasteiger partial charge in [-0.25, -0.2) is 0 Å². The molecule has 0 fully saturated rings. The van der Waals surface area contributed by atoms with Gasteiger partial charge in [0.2, 0.25) is 5.91 Å². The second kappa shape index (κ2) is 6.72. The summed E-state index contributed by atoms with van der Waals surface area (Å²) in [5, 5.41) is 5.43. The molecule has 0 saturated carbocycles. The molecule has 0 aliphatic carbocycles. The Balaban J connectivity index is 2.48. The highest BCUT2D eigenvalue weighted by Crippen LogP contribution is 2.09. The molecule has 0 aromatic carbocycles. The molecular formula is C13H20N4O2. The van der Waals surface area contributed by atoms with Gasteiger partial charge in [-0.2, -0.15) is 0 Å². The lowest BCUT2D eigenvalue weighted by Crippen LogP contribution is -2.34. The number of nitrogens with one attached hydrogen (secondary N) is 2. The van der Waals surface area contributed by atoms with Crippen molar-refractivity contribution in [2.75, 3.05) is 12.3 Å². The molecule has 0 unspecified atom stereocenters. The molecule has 0 atom stereocenters. The van der Waals surface area contributed by atoms with Crippen molar-refractivity contribution in [3.8, 4) is 0 Å². The van der Waals surface area contributed by atoms with Gasteiger partial charge in [0.05, 0.1) is 23.1 Å². The number of anilines is 1. The molecule has 0 aliphatic heterocycles. The van der Waals surface area contributed by atoms with E-state index in [0.717, 1.165) is 0 Å². The van der Waals surface area contributed by atoms with Crippen LogP contribution >= 0.6 is 0 Å². The van der Waals surface area contributed by atoms with Crippen LogP contribution in [0, 0.1) is 6.92 Å². The van der Waals surface area contributed by atoms with Crippen LogP contribution in [0.2, 0.25) is 0 Å². The molecule has 0 aliphatic rings. The van der Waals surface area contributed by atoms with Gasteiger partial charge in [0, 0.05) is 19.0 Å². The molecule has 0 spiro atoms. The van der Waals surface area contributed by atoms with Gasteiger partial charge in [-0.15, -0.1) is 0 Å². The summed E-state index contributed by atoms with van der Waals surface area (Å²) < 4.78 is 0. The highest BCUT2D eigenvalue weighted by molar-refractivity contribution is 5.96. The number of amides is 2. The smallest absolute Gasteiger partial charge is 0.253 e. The van der Waals surface area contributed by atoms with Crippen molar-refractivity contribution in [2.45, 2.75) is 33.2 Å². The van der Waals surface area contributed by atoms with Crippen LogP contribution in [0.4, 0.5) is 5.69 Å². The largest absolute Gasteiger partial charge is 0.397 e. The van der Waals surface area contributed by atoms with Crippen molar-refractivity contribution in [2.24, 2.45) is 0 Å². The van der Waals surface area contributed by atoms with Crippen LogP contribution < -0.4 is 16.4 Å². The average Bonchev–Trinajstić information content (AvgIpc) is 2.31. The molecule has 6 heteroatoms. The summed E-state index contributed by atoms with van der Waals surface area (Å²) in [5.41, 5.74) is 7.07. The highest BCUT2D eigenvalue weighted by atomic mass is 16.2. The topological polar surface area (TPSA) is 97.1 Å². The van der Waals surface area contributed by atoms with Crippen molar-refractivity contribution in [1.29, 1.82) is 0 Å². The number of rotatable bonds is 5. The minimum atomic E-state index is -0.269. The summed E-state index contributed by atoms with van der Waals surface area (Å²) in [5.74, 6) is -0.354. The summed E-state index contributed by atoms with van der Waals surface area (Å²) in [4.78, 5) is 27.3. The number of nitrogen functional groups attached to an aromatic ring is 1. The van der Waals surface area contributed by atoms with Gasteiger partial charge in [-0.3, -0.25) is 14.6 Å². The molecule has 2 amide bonds. The van der Waals surface area contributed by atoms with E-state index in [1.807, 2.05) is 13.8 Å². The van der Waals surface area contributed by atoms with Crippen LogP contribution in [0.5, 0.6) is 0 Å². The van der Waals surface area contributed by atoms with E-state index in [9.17, 15) is 9.59 Å². The first-order valence-electron chi connectivity index (χ1n) is 6.20. The quantitative estimate of drug-likeness (QED) is 0.726. The van der Waals surface area contributed by atoms with Crippen molar-refractivity contribution >= 4 is 17.5 Å². The zero-order valence-corrected chi connectivity index (χ0v) is 11.5. The molecule has 0 radical (unpaired) electrons. The van der Waals surface area contributed by atoms with E-state index in [1.165, 1.54) is 6.20 Å². The first kappa shape index (κ1) is 14.9. The maximum atomic E-state index is 11.9. The van der Waals surface area contributed by atoms with Gasteiger partial charge in [0.25, 0.3) is 5.91 Å². The van der Waals surface area contributed by atoms with Crippen molar-refractivity contribution in [3.05, 3.63) is 23.5 Å². The Hall–Kier alpha value is -2.11. The van der Waals surface area contributed by atoms with Crippen LogP contribution in [0.15, 0.2) is 12.3 Å². The average molecular weight is 264 g/mol. The lowest BCUT2D eigenvalue weighted by molar-refractivity contribution is -0.121. The van der Waals surface area contributed by atoms with E-state index in [0.29, 0.717) is 16.9 Å². The molecular weight excluding hydrogens is 244 g/mol. The zero-order valence-electron chi connectivity index (χ0n) is 11.5. The Morgan fingerprint density at radius 3 is 2.74 bits per heavy atom. The molecule has 0 saturated heterocycles. The van der Waals surface area contributed by atoms with Crippen LogP contribution in [-0.4, -0.2) is 29.4 Å². The number of hydrogen-bond donors (Lipinski definition) is 3. The third-order valence-corrected chi connectivity index (χ3v) is 2.44. The van der Waals surface area contributed by atoms with Gasteiger partial charge >= 0.3 is 0 Å². The predicted octanol–water partition coefficient (Wildman–Crippen LogP) is 0.617. The van der Waals surface area contributed by atoms with Gasteiger partial charge < -0.3 is 16.4 Å². The minimum Gasteiger partial charge on any atom is -0.397 e. The number of aromatic nitrogens is 1. The summed E-state index contributed by atoms with van der Waals surface area (Å²) in [6, 6.07) is 1.68. The number of aryl methyl sites for hydroxylation is 1. The maximum absolute atomic E-state index is 11.9. The molecule has 104 valence electrons. The molecule has 19 heavy (non-hydrogen) atoms. The molecule has 0 bridgehead atoms. The first-order valence-corrected chi connectivity index (χ1v) is 6.20. The van der Waals surface area contributed by atoms with Crippen molar-refractivity contribution in [1.82, 2.24) is 15.6 Å². The van der Waals surface area contributed by atoms with Crippen LogP contribution in [-0.2, 0) is 4.79 Å². The fourth-order valence-corrected chi connectivity index (χ4v) is 1.56. The number of pyridine rings is 1. The van der Waals surface area contributed by atoms with E-state index >= 15 is 0 Å². The SMILES string of the molecule is Cc1ncc(N)cc1C(=O)NCCC(=O)NC(C)C. The van der Waals surface area contributed by atoms with Crippen molar-refractivity contribution in [3.63, 3.8) is 0 Å². The van der Waals surface area contributed by atoms with Crippen molar-refractivity contribution < 1.29 is 9.59 Å². The standard InChI is InChI=1S/C13H20N4O2/c1-8(2)17-12(18)4-5-15-13(19)11-6-10(14)7-16-9(11)3/h6-8H,4-5,14H2,1-3H3,(H,15,19)(H,17,18). The summed E-state index contributed by atoms with van der Waals surface area (Å²) in [7, 11) is 0. The van der Waals surface area contributed by atoms with Crippen LogP contribution in [0.3, 0.4) is 0 Å². The first-order chi connectivity index (χ1) is 8.90. The number of hydrogen-bond acceptors (Lipinski definition) is 4.